The van der Waals surface area contributed by atoms with E-state index in [0.29, 0.717) is 6.42 Å². The second-order valence-electron chi connectivity index (χ2n) is 13.2. The van der Waals surface area contributed by atoms with Gasteiger partial charge in [-0.2, -0.15) is 0 Å². The van der Waals surface area contributed by atoms with Gasteiger partial charge in [0.1, 0.15) is 17.8 Å². The van der Waals surface area contributed by atoms with Gasteiger partial charge < -0.3 is 38.6 Å². The van der Waals surface area contributed by atoms with Crippen molar-refractivity contribution in [3.63, 3.8) is 0 Å². The van der Waals surface area contributed by atoms with Gasteiger partial charge in [-0.3, -0.25) is 4.79 Å². The quantitative estimate of drug-likeness (QED) is 0.406. The molecule has 4 heterocycles. The number of esters is 3. The van der Waals surface area contributed by atoms with Gasteiger partial charge in [0, 0.05) is 6.92 Å². The van der Waals surface area contributed by atoms with E-state index in [4.69, 9.17) is 28.4 Å². The molecule has 2 aliphatic carbocycles. The first kappa shape index (κ1) is 26.3. The molecule has 0 amide bonds. The highest BCUT2D eigenvalue weighted by atomic mass is 16.8. The fourth-order valence-electron chi connectivity index (χ4n) is 9.46. The number of hydrogen-bond donors (Lipinski definition) is 2. The molecule has 11 heteroatoms. The van der Waals surface area contributed by atoms with Crippen molar-refractivity contribution < 1.29 is 53.0 Å². The third-order valence-electron chi connectivity index (χ3n) is 10.6. The Bertz CT molecular complexity index is 1290. The van der Waals surface area contributed by atoms with Crippen LogP contribution in [0.4, 0.5) is 0 Å². The molecule has 11 nitrogen and oxygen atoms in total. The Morgan fingerprint density at radius 1 is 1.15 bits per heavy atom. The molecule has 0 aromatic heterocycles. The van der Waals surface area contributed by atoms with Crippen LogP contribution in [0.1, 0.15) is 46.6 Å². The van der Waals surface area contributed by atoms with E-state index in [1.54, 1.807) is 6.92 Å². The summed E-state index contributed by atoms with van der Waals surface area (Å²) in [5.41, 5.74) is -7.06. The van der Waals surface area contributed by atoms with Gasteiger partial charge in [0.05, 0.1) is 29.5 Å². The number of benzene rings is 1. The number of fused-ring (bicyclic) bond motifs is 1. The lowest BCUT2D eigenvalue weighted by molar-refractivity contribution is -0.240. The molecule has 6 fully saturated rings. The molecule has 0 unspecified atom stereocenters. The Labute approximate surface area is 231 Å². The van der Waals surface area contributed by atoms with E-state index >= 15 is 0 Å². The molecule has 0 radical (unpaired) electrons. The fourth-order valence-corrected chi connectivity index (χ4v) is 9.46. The summed E-state index contributed by atoms with van der Waals surface area (Å²) in [5.74, 6) is -3.56. The maximum atomic E-state index is 14.0. The van der Waals surface area contributed by atoms with Crippen LogP contribution in [0.2, 0.25) is 0 Å². The SMILES string of the molecule is CC(=O)O[C@@H]1O[C@@H]2[C@@H](O)[C@]34[C@@H]5C[C@@H](C(C)(C)C)[C@@]36[C@H](OC(=O)[C@@H]6OCc3ccccc3)O[C@]4(C(=O)O5)[C@]2(O)[C@@H]1C. The molecular formula is C29H34O11. The highest BCUT2D eigenvalue weighted by molar-refractivity contribution is 5.91. The molecule has 4 saturated heterocycles. The second kappa shape index (κ2) is 7.83. The van der Waals surface area contributed by atoms with Gasteiger partial charge in [0.2, 0.25) is 18.2 Å². The molecule has 12 atom stereocenters. The average molecular weight is 559 g/mol. The number of rotatable bonds is 4. The third kappa shape index (κ3) is 2.55. The Balaban J connectivity index is 1.43. The standard InChI is InChI=1S/C29H34O11/c1-13-22(36-14(2)30)38-19-18(31)27-17-11-16(25(3,4)5)26(27)20(35-12-15-9-7-6-8-10-15)21(32)39-24(26)40-29(27,23(33)37-17)28(13,19)34/h6-10,13,16-20,22,24,31,34H,11-12H2,1-5H3/t13-,16+,17+,18-,19-,20+,22-,24-,26-,27-,28+,29+/m1/s1. The Morgan fingerprint density at radius 3 is 2.50 bits per heavy atom. The maximum Gasteiger partial charge on any atom is 0.342 e. The lowest BCUT2D eigenvalue weighted by atomic mass is 9.51. The predicted octanol–water partition coefficient (Wildman–Crippen LogP) is 1.22. The van der Waals surface area contributed by atoms with Crippen molar-refractivity contribution in [2.24, 2.45) is 28.1 Å². The highest BCUT2D eigenvalue weighted by Crippen LogP contribution is 2.85. The van der Waals surface area contributed by atoms with Crippen LogP contribution >= 0.6 is 0 Å². The summed E-state index contributed by atoms with van der Waals surface area (Å²) in [6.45, 7) is 8.87. The predicted molar refractivity (Wildman–Crippen MR) is 132 cm³/mol. The molecule has 1 aromatic rings. The van der Waals surface area contributed by atoms with E-state index in [1.165, 1.54) is 6.92 Å². The molecular weight excluding hydrogens is 524 g/mol. The summed E-state index contributed by atoms with van der Waals surface area (Å²) in [5, 5.41) is 24.8. The summed E-state index contributed by atoms with van der Waals surface area (Å²) < 4.78 is 36.1. The average Bonchev–Trinajstić information content (AvgIpc) is 3.60. The molecule has 6 aliphatic rings. The molecule has 7 rings (SSSR count). The van der Waals surface area contributed by atoms with Crippen molar-refractivity contribution in [1.82, 2.24) is 0 Å². The third-order valence-corrected chi connectivity index (χ3v) is 10.6. The van der Waals surface area contributed by atoms with E-state index in [9.17, 15) is 24.6 Å². The minimum atomic E-state index is -2.17. The van der Waals surface area contributed by atoms with Gasteiger partial charge >= 0.3 is 17.9 Å². The van der Waals surface area contributed by atoms with Gasteiger partial charge in [0.15, 0.2) is 6.10 Å². The van der Waals surface area contributed by atoms with Crippen LogP contribution in [0.5, 0.6) is 0 Å². The monoisotopic (exact) mass is 558 g/mol. The minimum absolute atomic E-state index is 0.0692. The molecule has 216 valence electrons. The first-order chi connectivity index (χ1) is 18.8. The summed E-state index contributed by atoms with van der Waals surface area (Å²) in [6, 6.07) is 9.33. The number of hydrogen-bond acceptors (Lipinski definition) is 11. The van der Waals surface area contributed by atoms with Crippen LogP contribution in [0.25, 0.3) is 0 Å². The summed E-state index contributed by atoms with van der Waals surface area (Å²) in [6.07, 6.45) is -7.33. The summed E-state index contributed by atoms with van der Waals surface area (Å²) in [7, 11) is 0. The Kier molecular flexibility index (Phi) is 5.15. The molecule has 1 aromatic carbocycles. The first-order valence-electron chi connectivity index (χ1n) is 13.8. The molecule has 0 bridgehead atoms. The molecule has 2 spiro atoms. The van der Waals surface area contributed by atoms with Crippen molar-refractivity contribution >= 4 is 17.9 Å². The van der Waals surface area contributed by atoms with E-state index in [1.807, 2.05) is 51.1 Å². The van der Waals surface area contributed by atoms with Crippen molar-refractivity contribution in [3.8, 4) is 0 Å². The van der Waals surface area contributed by atoms with E-state index in [-0.39, 0.29) is 6.61 Å². The van der Waals surface area contributed by atoms with Gasteiger partial charge in [-0.15, -0.1) is 0 Å². The van der Waals surface area contributed by atoms with Crippen LogP contribution < -0.4 is 0 Å². The number of aliphatic hydroxyl groups excluding tert-OH is 1. The van der Waals surface area contributed by atoms with Gasteiger partial charge in [-0.25, -0.2) is 9.59 Å². The van der Waals surface area contributed by atoms with E-state index in [0.717, 1.165) is 5.56 Å². The van der Waals surface area contributed by atoms with Crippen molar-refractivity contribution in [3.05, 3.63) is 35.9 Å². The fraction of sp³-hybridized carbons (Fsp3) is 0.690. The zero-order chi connectivity index (χ0) is 28.6. The lowest BCUT2D eigenvalue weighted by Gasteiger charge is -2.48. The van der Waals surface area contributed by atoms with Gasteiger partial charge in [-0.1, -0.05) is 58.0 Å². The Hall–Kier alpha value is -2.57. The van der Waals surface area contributed by atoms with Gasteiger partial charge in [0.25, 0.3) is 0 Å². The van der Waals surface area contributed by atoms with Crippen LogP contribution in [0.15, 0.2) is 30.3 Å². The van der Waals surface area contributed by atoms with Crippen LogP contribution in [0.3, 0.4) is 0 Å². The molecule has 2 N–H and O–H groups in total. The minimum Gasteiger partial charge on any atom is -0.459 e. The maximum absolute atomic E-state index is 14.0. The first-order valence-corrected chi connectivity index (χ1v) is 13.8. The highest BCUT2D eigenvalue weighted by Gasteiger charge is 3.03. The summed E-state index contributed by atoms with van der Waals surface area (Å²) >= 11 is 0. The van der Waals surface area contributed by atoms with Crippen molar-refractivity contribution in [1.29, 1.82) is 0 Å². The number of ether oxygens (including phenoxy) is 6. The largest absolute Gasteiger partial charge is 0.459 e. The number of aliphatic hydroxyl groups is 2. The van der Waals surface area contributed by atoms with Crippen molar-refractivity contribution in [2.75, 3.05) is 0 Å². The normalized spacial score (nSPS) is 49.8. The van der Waals surface area contributed by atoms with Gasteiger partial charge in [-0.05, 0) is 23.3 Å². The van der Waals surface area contributed by atoms with E-state index < -0.39 is 94.2 Å². The summed E-state index contributed by atoms with van der Waals surface area (Å²) in [4.78, 5) is 39.4. The number of carbonyl (C=O) groups excluding carboxylic acids is 3. The smallest absolute Gasteiger partial charge is 0.342 e. The Morgan fingerprint density at radius 2 is 1.85 bits per heavy atom. The van der Waals surface area contributed by atoms with Crippen LogP contribution in [-0.4, -0.2) is 76.3 Å². The molecule has 40 heavy (non-hydrogen) atoms. The van der Waals surface area contributed by atoms with Crippen LogP contribution in [0, 0.1) is 28.1 Å². The molecule has 4 aliphatic heterocycles. The molecule has 2 saturated carbocycles. The number of carbonyl (C=O) groups is 3. The van der Waals surface area contributed by atoms with E-state index in [2.05, 4.69) is 0 Å². The lowest BCUT2D eigenvalue weighted by Crippen LogP contribution is -2.67. The van der Waals surface area contributed by atoms with Crippen molar-refractivity contribution in [2.45, 2.75) is 95.8 Å². The van der Waals surface area contributed by atoms with Crippen LogP contribution in [-0.2, 0) is 49.4 Å². The second-order valence-corrected chi connectivity index (χ2v) is 13.2. The zero-order valence-electron chi connectivity index (χ0n) is 23.0. The zero-order valence-corrected chi connectivity index (χ0v) is 23.0. The topological polar surface area (TPSA) is 147 Å².